The summed E-state index contributed by atoms with van der Waals surface area (Å²) in [5, 5.41) is 5.18. The second kappa shape index (κ2) is 11.0. The van der Waals surface area contributed by atoms with E-state index in [2.05, 4.69) is 83.0 Å². The summed E-state index contributed by atoms with van der Waals surface area (Å²) in [5.41, 5.74) is 6.15. The van der Waals surface area contributed by atoms with Crippen LogP contribution in [0, 0.1) is 12.3 Å². The number of hydroxylamine groups is 2. The molecule has 4 rings (SSSR count). The smallest absolute Gasteiger partial charge is 0.255 e. The molecule has 0 aliphatic carbocycles. The van der Waals surface area contributed by atoms with Gasteiger partial charge in [0.25, 0.3) is 5.91 Å². The third kappa shape index (κ3) is 7.22. The molecule has 200 valence electrons. The highest BCUT2D eigenvalue weighted by Crippen LogP contribution is 2.34. The molecule has 0 radical (unpaired) electrons. The second-order valence-electron chi connectivity index (χ2n) is 12.6. The molecule has 2 aromatic rings. The lowest BCUT2D eigenvalue weighted by Crippen LogP contribution is -2.35. The second-order valence-corrected chi connectivity index (χ2v) is 12.6. The Morgan fingerprint density at radius 2 is 1.76 bits per heavy atom. The largest absolute Gasteiger partial charge is 0.413 e. The molecule has 6 heteroatoms. The van der Waals surface area contributed by atoms with Crippen molar-refractivity contribution in [2.24, 2.45) is 5.41 Å². The van der Waals surface area contributed by atoms with Gasteiger partial charge in [-0.1, -0.05) is 53.7 Å². The Labute approximate surface area is 222 Å². The van der Waals surface area contributed by atoms with Crippen LogP contribution in [0.3, 0.4) is 0 Å². The number of rotatable bonds is 6. The first kappa shape index (κ1) is 27.4. The Bertz CT molecular complexity index is 1140. The average molecular weight is 506 g/mol. The molecule has 1 unspecified atom stereocenters. The van der Waals surface area contributed by atoms with Gasteiger partial charge in [-0.15, -0.1) is 5.06 Å². The van der Waals surface area contributed by atoms with Crippen molar-refractivity contribution in [1.82, 2.24) is 9.96 Å². The van der Waals surface area contributed by atoms with Crippen molar-refractivity contribution >= 4 is 11.6 Å². The maximum atomic E-state index is 13.5. The number of hydrogen-bond donors (Lipinski definition) is 1. The molecule has 0 bridgehead atoms. The Kier molecular flexibility index (Phi) is 8.12. The predicted octanol–water partition coefficient (Wildman–Crippen LogP) is 6.23. The van der Waals surface area contributed by atoms with Crippen molar-refractivity contribution in [2.75, 3.05) is 38.2 Å². The molecule has 2 aliphatic rings. The van der Waals surface area contributed by atoms with Gasteiger partial charge in [-0.3, -0.25) is 9.69 Å². The van der Waals surface area contributed by atoms with Gasteiger partial charge in [0.1, 0.15) is 6.26 Å². The Hall–Kier alpha value is -2.67. The van der Waals surface area contributed by atoms with Gasteiger partial charge < -0.3 is 14.9 Å². The number of amides is 1. The summed E-state index contributed by atoms with van der Waals surface area (Å²) in [6, 6.07) is 12.5. The molecule has 1 amide bonds. The molecular formula is C31H43N3O3. The fraction of sp³-hybridized carbons (Fsp3) is 0.516. The predicted molar refractivity (Wildman–Crippen MR) is 149 cm³/mol. The van der Waals surface area contributed by atoms with E-state index in [0.717, 1.165) is 56.2 Å². The van der Waals surface area contributed by atoms with Crippen LogP contribution in [0.25, 0.3) is 0 Å². The highest BCUT2D eigenvalue weighted by atomic mass is 16.7. The molecule has 2 heterocycles. The number of anilines is 1. The van der Waals surface area contributed by atoms with Crippen molar-refractivity contribution < 1.29 is 14.4 Å². The molecule has 0 spiro atoms. The quantitative estimate of drug-likeness (QED) is 0.505. The third-order valence-corrected chi connectivity index (χ3v) is 6.88. The number of hydrogen-bond acceptors (Lipinski definition) is 5. The monoisotopic (exact) mass is 505 g/mol. The van der Waals surface area contributed by atoms with Crippen LogP contribution in [0.5, 0.6) is 0 Å². The molecule has 1 atom stereocenters. The number of morpholine rings is 1. The molecule has 1 saturated heterocycles. The fourth-order valence-electron chi connectivity index (χ4n) is 4.82. The van der Waals surface area contributed by atoms with E-state index in [-0.39, 0.29) is 22.8 Å². The lowest BCUT2D eigenvalue weighted by molar-refractivity contribution is -0.123. The Balaban J connectivity index is 1.57. The van der Waals surface area contributed by atoms with E-state index < -0.39 is 0 Å². The van der Waals surface area contributed by atoms with Crippen LogP contribution < -0.4 is 5.32 Å². The summed E-state index contributed by atoms with van der Waals surface area (Å²) in [6.07, 6.45) is 3.83. The SMILES string of the molecule is Cc1ccc(NC(=O)c2cc(CN3CCOCC3)cc(C(C)(C)C)c2)cc1C1C=CON1CC(C)(C)C. The minimum Gasteiger partial charge on any atom is -0.413 e. The highest BCUT2D eigenvalue weighted by Gasteiger charge is 2.29. The topological polar surface area (TPSA) is 54.0 Å². The zero-order chi connectivity index (χ0) is 26.8. The summed E-state index contributed by atoms with van der Waals surface area (Å²) in [6.45, 7) is 20.3. The first-order valence-electron chi connectivity index (χ1n) is 13.4. The number of ether oxygens (including phenoxy) is 1. The molecular weight excluding hydrogens is 462 g/mol. The van der Waals surface area contributed by atoms with Gasteiger partial charge >= 0.3 is 0 Å². The van der Waals surface area contributed by atoms with Crippen LogP contribution in [-0.2, 0) is 21.5 Å². The van der Waals surface area contributed by atoms with Gasteiger partial charge in [-0.05, 0) is 70.3 Å². The molecule has 6 nitrogen and oxygen atoms in total. The standard InChI is InChI=1S/C31H43N3O3/c1-22-8-9-26(19-27(22)28-10-13-37-34(28)21-30(2,3)4)32-29(35)24-16-23(17-25(18-24)31(5,6)7)20-33-11-14-36-15-12-33/h8-10,13,16-19,28H,11-12,14-15,20-21H2,1-7H3,(H,32,35). The van der Waals surface area contributed by atoms with Gasteiger partial charge in [0, 0.05) is 37.4 Å². The number of carbonyl (C=O) groups excluding carboxylic acids is 1. The van der Waals surface area contributed by atoms with E-state index in [4.69, 9.17) is 9.57 Å². The van der Waals surface area contributed by atoms with Crippen LogP contribution >= 0.6 is 0 Å². The van der Waals surface area contributed by atoms with E-state index in [9.17, 15) is 4.79 Å². The molecule has 37 heavy (non-hydrogen) atoms. The first-order chi connectivity index (χ1) is 17.4. The van der Waals surface area contributed by atoms with Crippen molar-refractivity contribution in [1.29, 1.82) is 0 Å². The highest BCUT2D eigenvalue weighted by molar-refractivity contribution is 6.04. The van der Waals surface area contributed by atoms with E-state index in [1.54, 1.807) is 6.26 Å². The summed E-state index contributed by atoms with van der Waals surface area (Å²) >= 11 is 0. The van der Waals surface area contributed by atoms with Gasteiger partial charge in [-0.2, -0.15) is 0 Å². The number of aryl methyl sites for hydroxylation is 1. The van der Waals surface area contributed by atoms with E-state index >= 15 is 0 Å². The maximum absolute atomic E-state index is 13.5. The molecule has 0 saturated carbocycles. The lowest BCUT2D eigenvalue weighted by atomic mass is 9.85. The first-order valence-corrected chi connectivity index (χ1v) is 13.4. The number of nitrogens with zero attached hydrogens (tertiary/aromatic N) is 2. The van der Waals surface area contributed by atoms with Crippen LogP contribution in [0.15, 0.2) is 48.7 Å². The normalized spacial score (nSPS) is 19.2. The minimum atomic E-state index is -0.0890. The van der Waals surface area contributed by atoms with Crippen LogP contribution in [0.1, 0.15) is 80.2 Å². The van der Waals surface area contributed by atoms with Crippen LogP contribution in [0.2, 0.25) is 0 Å². The van der Waals surface area contributed by atoms with Crippen molar-refractivity contribution in [3.8, 4) is 0 Å². The van der Waals surface area contributed by atoms with Crippen molar-refractivity contribution in [2.45, 2.75) is 66.5 Å². The van der Waals surface area contributed by atoms with Gasteiger partial charge in [0.05, 0.1) is 19.3 Å². The third-order valence-electron chi connectivity index (χ3n) is 6.88. The summed E-state index contributed by atoms with van der Waals surface area (Å²) < 4.78 is 5.51. The molecule has 2 aliphatic heterocycles. The average Bonchev–Trinajstić information content (AvgIpc) is 3.26. The molecule has 1 N–H and O–H groups in total. The minimum absolute atomic E-state index is 0.0143. The molecule has 2 aromatic carbocycles. The zero-order valence-corrected chi connectivity index (χ0v) is 23.6. The number of benzene rings is 2. The number of carbonyl (C=O) groups is 1. The van der Waals surface area contributed by atoms with Gasteiger partial charge in [0.15, 0.2) is 0 Å². The van der Waals surface area contributed by atoms with Crippen LogP contribution in [0.4, 0.5) is 5.69 Å². The summed E-state index contributed by atoms with van der Waals surface area (Å²) in [5.74, 6) is -0.0890. The molecule has 1 fully saturated rings. The van der Waals surface area contributed by atoms with E-state index in [0.29, 0.717) is 5.56 Å². The lowest BCUT2D eigenvalue weighted by Gasteiger charge is -2.30. The molecule has 0 aromatic heterocycles. The van der Waals surface area contributed by atoms with Gasteiger partial charge in [-0.25, -0.2) is 0 Å². The van der Waals surface area contributed by atoms with E-state index in [1.165, 1.54) is 11.1 Å². The Morgan fingerprint density at radius 1 is 1.03 bits per heavy atom. The maximum Gasteiger partial charge on any atom is 0.255 e. The van der Waals surface area contributed by atoms with Crippen molar-refractivity contribution in [3.63, 3.8) is 0 Å². The Morgan fingerprint density at radius 3 is 2.43 bits per heavy atom. The number of nitrogens with one attached hydrogen (secondary N) is 1. The summed E-state index contributed by atoms with van der Waals surface area (Å²) in [7, 11) is 0. The zero-order valence-electron chi connectivity index (χ0n) is 23.6. The van der Waals surface area contributed by atoms with Crippen molar-refractivity contribution in [3.05, 3.63) is 76.6 Å². The summed E-state index contributed by atoms with van der Waals surface area (Å²) in [4.78, 5) is 21.7. The van der Waals surface area contributed by atoms with Crippen LogP contribution in [-0.4, -0.2) is 48.7 Å². The fourth-order valence-corrected chi connectivity index (χ4v) is 4.82. The van der Waals surface area contributed by atoms with E-state index in [1.807, 2.05) is 23.3 Å². The van der Waals surface area contributed by atoms with Gasteiger partial charge in [0.2, 0.25) is 0 Å².